The quantitative estimate of drug-likeness (QED) is 0.891. The molecule has 0 radical (unpaired) electrons. The van der Waals surface area contributed by atoms with Crippen LogP contribution in [-0.2, 0) is 0 Å². The maximum atomic E-state index is 13.6. The number of nitrogens with one attached hydrogen (secondary N) is 1. The Morgan fingerprint density at radius 1 is 1.16 bits per heavy atom. The number of halogens is 2. The van der Waals surface area contributed by atoms with Crippen molar-refractivity contribution in [2.24, 2.45) is 0 Å². The highest BCUT2D eigenvalue weighted by Gasteiger charge is 2.11. The lowest BCUT2D eigenvalue weighted by molar-refractivity contribution is 0.589. The molecule has 100 valence electrons. The second-order valence-electron chi connectivity index (χ2n) is 4.48. The molecule has 0 aliphatic heterocycles. The summed E-state index contributed by atoms with van der Waals surface area (Å²) in [7, 11) is 0. The van der Waals surface area contributed by atoms with Crippen LogP contribution in [0.25, 0.3) is 11.1 Å². The van der Waals surface area contributed by atoms with Gasteiger partial charge in [-0.25, -0.2) is 13.8 Å². The van der Waals surface area contributed by atoms with Gasteiger partial charge in [-0.05, 0) is 37.6 Å². The predicted molar refractivity (Wildman–Crippen MR) is 73.0 cm³/mol. The Kier molecular flexibility index (Phi) is 4.10. The molecule has 0 bridgehead atoms. The number of aromatic nitrogens is 1. The zero-order chi connectivity index (χ0) is 13.8. The maximum absolute atomic E-state index is 13.6. The number of hydrogen-bond acceptors (Lipinski definition) is 2. The highest BCUT2D eigenvalue weighted by Crippen LogP contribution is 2.25. The van der Waals surface area contributed by atoms with Gasteiger partial charge in [0, 0.05) is 17.8 Å². The third-order valence-electron chi connectivity index (χ3n) is 3.02. The van der Waals surface area contributed by atoms with Crippen LogP contribution in [0.3, 0.4) is 0 Å². The van der Waals surface area contributed by atoms with E-state index in [0.717, 1.165) is 6.42 Å². The summed E-state index contributed by atoms with van der Waals surface area (Å²) >= 11 is 0. The van der Waals surface area contributed by atoms with Crippen LogP contribution < -0.4 is 5.32 Å². The van der Waals surface area contributed by atoms with Gasteiger partial charge in [0.05, 0.1) is 5.56 Å². The van der Waals surface area contributed by atoms with E-state index in [4.69, 9.17) is 0 Å². The van der Waals surface area contributed by atoms with E-state index in [0.29, 0.717) is 17.4 Å². The SMILES string of the molecule is CCC(C)Nc1ccc(-c2c(F)cccc2F)cn1. The Hall–Kier alpha value is -1.97. The van der Waals surface area contributed by atoms with E-state index in [1.165, 1.54) is 24.4 Å². The van der Waals surface area contributed by atoms with E-state index >= 15 is 0 Å². The van der Waals surface area contributed by atoms with Gasteiger partial charge in [0.1, 0.15) is 17.5 Å². The summed E-state index contributed by atoms with van der Waals surface area (Å²) in [4.78, 5) is 4.18. The van der Waals surface area contributed by atoms with E-state index in [2.05, 4.69) is 17.2 Å². The van der Waals surface area contributed by atoms with Crippen molar-refractivity contribution >= 4 is 5.82 Å². The predicted octanol–water partition coefficient (Wildman–Crippen LogP) is 4.24. The molecule has 0 amide bonds. The van der Waals surface area contributed by atoms with Crippen LogP contribution in [0.4, 0.5) is 14.6 Å². The van der Waals surface area contributed by atoms with E-state index in [9.17, 15) is 8.78 Å². The average molecular weight is 262 g/mol. The molecule has 0 aliphatic rings. The topological polar surface area (TPSA) is 24.9 Å². The van der Waals surface area contributed by atoms with Gasteiger partial charge in [-0.2, -0.15) is 0 Å². The molecule has 1 atom stereocenters. The monoisotopic (exact) mass is 262 g/mol. The van der Waals surface area contributed by atoms with Crippen molar-refractivity contribution in [1.82, 2.24) is 4.98 Å². The average Bonchev–Trinajstić information content (AvgIpc) is 2.40. The number of rotatable bonds is 4. The molecule has 19 heavy (non-hydrogen) atoms. The van der Waals surface area contributed by atoms with Crippen molar-refractivity contribution in [2.45, 2.75) is 26.3 Å². The molecule has 1 aromatic heterocycles. The molecule has 0 fully saturated rings. The molecule has 1 unspecified atom stereocenters. The molecule has 0 saturated carbocycles. The van der Waals surface area contributed by atoms with Gasteiger partial charge in [-0.3, -0.25) is 0 Å². The van der Waals surface area contributed by atoms with Crippen molar-refractivity contribution in [2.75, 3.05) is 5.32 Å². The van der Waals surface area contributed by atoms with Crippen molar-refractivity contribution in [3.63, 3.8) is 0 Å². The zero-order valence-electron chi connectivity index (χ0n) is 11.0. The second kappa shape index (κ2) is 5.78. The Morgan fingerprint density at radius 2 is 1.84 bits per heavy atom. The van der Waals surface area contributed by atoms with Gasteiger partial charge >= 0.3 is 0 Å². The first-order chi connectivity index (χ1) is 9.11. The number of hydrogen-bond donors (Lipinski definition) is 1. The molecule has 2 aromatic rings. The van der Waals surface area contributed by atoms with Crippen LogP contribution in [-0.4, -0.2) is 11.0 Å². The summed E-state index contributed by atoms with van der Waals surface area (Å²) in [5, 5.41) is 3.20. The molecule has 0 spiro atoms. The van der Waals surface area contributed by atoms with Crippen LogP contribution in [0.2, 0.25) is 0 Å². The minimum atomic E-state index is -0.579. The Bertz CT molecular complexity index is 532. The fourth-order valence-electron chi connectivity index (χ4n) is 1.76. The van der Waals surface area contributed by atoms with Crippen LogP contribution in [0.15, 0.2) is 36.5 Å². The van der Waals surface area contributed by atoms with Crippen LogP contribution in [0.1, 0.15) is 20.3 Å². The molecular formula is C15H16F2N2. The molecule has 0 saturated heterocycles. The summed E-state index contributed by atoms with van der Waals surface area (Å²) in [6.45, 7) is 4.12. The number of nitrogens with zero attached hydrogens (tertiary/aromatic N) is 1. The maximum Gasteiger partial charge on any atom is 0.134 e. The largest absolute Gasteiger partial charge is 0.368 e. The van der Waals surface area contributed by atoms with E-state index in [1.807, 2.05) is 6.92 Å². The summed E-state index contributed by atoms with van der Waals surface area (Å²) in [6, 6.07) is 7.53. The number of anilines is 1. The van der Waals surface area contributed by atoms with Gasteiger partial charge in [-0.15, -0.1) is 0 Å². The first-order valence-corrected chi connectivity index (χ1v) is 6.28. The molecule has 1 N–H and O–H groups in total. The van der Waals surface area contributed by atoms with Gasteiger partial charge in [0.25, 0.3) is 0 Å². The fourth-order valence-corrected chi connectivity index (χ4v) is 1.76. The molecule has 0 aliphatic carbocycles. The third-order valence-corrected chi connectivity index (χ3v) is 3.02. The standard InChI is InChI=1S/C15H16F2N2/c1-3-10(2)19-14-8-7-11(9-18-14)15-12(16)5-4-6-13(15)17/h4-10H,3H2,1-2H3,(H,18,19). The highest BCUT2D eigenvalue weighted by atomic mass is 19.1. The van der Waals surface area contributed by atoms with Gasteiger partial charge in [0.2, 0.25) is 0 Å². The molecule has 1 aromatic carbocycles. The molecule has 2 rings (SSSR count). The summed E-state index contributed by atoms with van der Waals surface area (Å²) < 4.78 is 27.2. The van der Waals surface area contributed by atoms with Gasteiger partial charge in [0.15, 0.2) is 0 Å². The minimum Gasteiger partial charge on any atom is -0.368 e. The fraction of sp³-hybridized carbons (Fsp3) is 0.267. The lowest BCUT2D eigenvalue weighted by Gasteiger charge is -2.12. The van der Waals surface area contributed by atoms with Crippen molar-refractivity contribution in [3.05, 3.63) is 48.2 Å². The smallest absolute Gasteiger partial charge is 0.134 e. The Balaban J connectivity index is 2.28. The summed E-state index contributed by atoms with van der Waals surface area (Å²) in [5.74, 6) is -0.455. The lowest BCUT2D eigenvalue weighted by Crippen LogP contribution is -2.14. The van der Waals surface area contributed by atoms with E-state index < -0.39 is 11.6 Å². The zero-order valence-corrected chi connectivity index (χ0v) is 11.0. The minimum absolute atomic E-state index is 0.0370. The Morgan fingerprint density at radius 3 is 2.37 bits per heavy atom. The lowest BCUT2D eigenvalue weighted by atomic mass is 10.1. The van der Waals surface area contributed by atoms with Crippen molar-refractivity contribution < 1.29 is 8.78 Å². The van der Waals surface area contributed by atoms with Crippen LogP contribution in [0.5, 0.6) is 0 Å². The summed E-state index contributed by atoms with van der Waals surface area (Å²) in [5.41, 5.74) is 0.399. The van der Waals surface area contributed by atoms with Crippen molar-refractivity contribution in [3.8, 4) is 11.1 Å². The van der Waals surface area contributed by atoms with E-state index in [-0.39, 0.29) is 5.56 Å². The summed E-state index contributed by atoms with van der Waals surface area (Å²) in [6.07, 6.45) is 2.46. The number of benzene rings is 1. The Labute approximate surface area is 111 Å². The van der Waals surface area contributed by atoms with Crippen LogP contribution in [0, 0.1) is 11.6 Å². The highest BCUT2D eigenvalue weighted by molar-refractivity contribution is 5.65. The first kappa shape index (κ1) is 13.5. The second-order valence-corrected chi connectivity index (χ2v) is 4.48. The molecule has 4 heteroatoms. The number of pyridine rings is 1. The molecule has 1 heterocycles. The van der Waals surface area contributed by atoms with Crippen LogP contribution >= 0.6 is 0 Å². The normalized spacial score (nSPS) is 12.2. The first-order valence-electron chi connectivity index (χ1n) is 6.28. The molecule has 2 nitrogen and oxygen atoms in total. The van der Waals surface area contributed by atoms with E-state index in [1.54, 1.807) is 12.1 Å². The van der Waals surface area contributed by atoms with Gasteiger partial charge < -0.3 is 5.32 Å². The molecular weight excluding hydrogens is 246 g/mol. The third kappa shape index (κ3) is 3.08. The van der Waals surface area contributed by atoms with Crippen molar-refractivity contribution in [1.29, 1.82) is 0 Å². The van der Waals surface area contributed by atoms with Gasteiger partial charge in [-0.1, -0.05) is 13.0 Å².